The molecule has 2 aromatic carbocycles. The van der Waals surface area contributed by atoms with Crippen molar-refractivity contribution in [2.24, 2.45) is 0 Å². The number of furan rings is 1. The Morgan fingerprint density at radius 2 is 1.79 bits per heavy atom. The summed E-state index contributed by atoms with van der Waals surface area (Å²) >= 11 is 0. The normalized spacial score (nSPS) is 12.6. The summed E-state index contributed by atoms with van der Waals surface area (Å²) in [4.78, 5) is 26.1. The molecule has 0 unspecified atom stereocenters. The highest BCUT2D eigenvalue weighted by molar-refractivity contribution is 7.89. The van der Waals surface area contributed by atoms with Crippen LogP contribution in [-0.4, -0.2) is 20.4 Å². The first kappa shape index (κ1) is 22.5. The molecule has 0 aliphatic carbocycles. The highest BCUT2D eigenvalue weighted by Gasteiger charge is 2.28. The maximum absolute atomic E-state index is 13.3. The van der Waals surface area contributed by atoms with Crippen molar-refractivity contribution in [2.45, 2.75) is 31.7 Å². The summed E-state index contributed by atoms with van der Waals surface area (Å²) in [6.45, 7) is 4.96. The van der Waals surface area contributed by atoms with E-state index in [2.05, 4.69) is 4.72 Å². The molecule has 2 aromatic heterocycles. The van der Waals surface area contributed by atoms with Crippen molar-refractivity contribution < 1.29 is 26.8 Å². The molecule has 0 saturated carbocycles. The van der Waals surface area contributed by atoms with Gasteiger partial charge in [0.25, 0.3) is 0 Å². The van der Waals surface area contributed by atoms with Gasteiger partial charge in [-0.05, 0) is 62.2 Å². The molecular formula is C24H21NO7S. The molecule has 0 radical (unpaired) electrons. The van der Waals surface area contributed by atoms with Crippen LogP contribution in [0.5, 0.6) is 5.75 Å². The summed E-state index contributed by atoms with van der Waals surface area (Å²) < 4.78 is 44.1. The van der Waals surface area contributed by atoms with E-state index in [9.17, 15) is 18.0 Å². The molecule has 9 heteroatoms. The number of sulfonamides is 1. The van der Waals surface area contributed by atoms with Crippen LogP contribution in [0.4, 0.5) is 0 Å². The summed E-state index contributed by atoms with van der Waals surface area (Å²) in [5.41, 5.74) is 1.34. The van der Waals surface area contributed by atoms with Crippen LogP contribution in [0.2, 0.25) is 0 Å². The second kappa shape index (κ2) is 8.68. The number of aryl methyl sites for hydroxylation is 2. The van der Waals surface area contributed by atoms with E-state index >= 15 is 0 Å². The number of rotatable bonds is 6. The fourth-order valence-corrected chi connectivity index (χ4v) is 4.65. The molecule has 0 bridgehead atoms. The zero-order chi connectivity index (χ0) is 23.8. The third kappa shape index (κ3) is 4.46. The lowest BCUT2D eigenvalue weighted by molar-refractivity contribution is -0.135. The van der Waals surface area contributed by atoms with E-state index < -0.39 is 27.5 Å². The third-order valence-corrected chi connectivity index (χ3v) is 6.52. The Labute approximate surface area is 189 Å². The van der Waals surface area contributed by atoms with E-state index in [1.807, 2.05) is 13.0 Å². The molecule has 0 spiro atoms. The van der Waals surface area contributed by atoms with E-state index in [1.54, 1.807) is 43.3 Å². The van der Waals surface area contributed by atoms with Crippen LogP contribution in [0.25, 0.3) is 22.5 Å². The molecule has 0 aliphatic heterocycles. The first-order valence-electron chi connectivity index (χ1n) is 10.1. The van der Waals surface area contributed by atoms with Crippen LogP contribution in [-0.2, 0) is 14.8 Å². The molecule has 1 atom stereocenters. The number of ether oxygens (including phenoxy) is 1. The predicted octanol–water partition coefficient (Wildman–Crippen LogP) is 3.94. The van der Waals surface area contributed by atoms with Gasteiger partial charge in [-0.25, -0.2) is 13.2 Å². The van der Waals surface area contributed by atoms with Crippen LogP contribution < -0.4 is 14.9 Å². The average molecular weight is 467 g/mol. The van der Waals surface area contributed by atoms with Crippen molar-refractivity contribution in [3.05, 3.63) is 82.2 Å². The Kier molecular flexibility index (Phi) is 5.92. The van der Waals surface area contributed by atoms with Crippen molar-refractivity contribution in [1.29, 1.82) is 0 Å². The summed E-state index contributed by atoms with van der Waals surface area (Å²) in [7, 11) is -3.98. The summed E-state index contributed by atoms with van der Waals surface area (Å²) in [5, 5.41) is 0.239. The summed E-state index contributed by atoms with van der Waals surface area (Å²) in [6, 6.07) is 13.0. The molecule has 0 amide bonds. The smallest absolute Gasteiger partial charge is 0.329 e. The van der Waals surface area contributed by atoms with Gasteiger partial charge in [0.15, 0.2) is 5.76 Å². The van der Waals surface area contributed by atoms with E-state index in [4.69, 9.17) is 13.6 Å². The molecule has 0 aliphatic rings. The topological polar surface area (TPSA) is 116 Å². The Morgan fingerprint density at radius 1 is 1.06 bits per heavy atom. The van der Waals surface area contributed by atoms with Crippen molar-refractivity contribution in [3.63, 3.8) is 0 Å². The zero-order valence-corrected chi connectivity index (χ0v) is 18.9. The van der Waals surface area contributed by atoms with Gasteiger partial charge >= 0.3 is 5.97 Å². The number of hydrogen-bond acceptors (Lipinski definition) is 7. The molecule has 8 nitrogen and oxygen atoms in total. The highest BCUT2D eigenvalue weighted by atomic mass is 32.2. The summed E-state index contributed by atoms with van der Waals surface area (Å²) in [5.74, 6) is -1.22. The number of esters is 1. The minimum absolute atomic E-state index is 0.00269. The largest absolute Gasteiger partial charge is 0.461 e. The number of benzene rings is 2. The lowest BCUT2D eigenvalue weighted by Crippen LogP contribution is -2.41. The number of nitrogens with one attached hydrogen (secondary N) is 1. The van der Waals surface area contributed by atoms with Gasteiger partial charge in [0.05, 0.1) is 16.5 Å². The Bertz CT molecular complexity index is 1490. The number of hydrogen-bond donors (Lipinski definition) is 1. The van der Waals surface area contributed by atoms with Crippen LogP contribution in [0.15, 0.2) is 79.4 Å². The van der Waals surface area contributed by atoms with Crippen molar-refractivity contribution in [1.82, 2.24) is 4.72 Å². The van der Waals surface area contributed by atoms with Gasteiger partial charge in [0.1, 0.15) is 11.6 Å². The molecule has 0 saturated heterocycles. The van der Waals surface area contributed by atoms with E-state index in [-0.39, 0.29) is 27.6 Å². The Morgan fingerprint density at radius 3 is 2.45 bits per heavy atom. The van der Waals surface area contributed by atoms with Crippen molar-refractivity contribution in [2.75, 3.05) is 0 Å². The minimum Gasteiger partial charge on any atom is -0.461 e. The second-order valence-corrected chi connectivity index (χ2v) is 9.32. The van der Waals surface area contributed by atoms with Gasteiger partial charge in [-0.2, -0.15) is 4.72 Å². The molecular weight excluding hydrogens is 446 g/mol. The number of carbonyl (C=O) groups is 1. The van der Waals surface area contributed by atoms with Gasteiger partial charge in [0.2, 0.25) is 27.0 Å². The molecule has 2 heterocycles. The molecule has 0 fully saturated rings. The first-order valence-corrected chi connectivity index (χ1v) is 11.6. The molecule has 33 heavy (non-hydrogen) atoms. The third-order valence-electron chi connectivity index (χ3n) is 4.97. The van der Waals surface area contributed by atoms with Gasteiger partial charge < -0.3 is 13.6 Å². The van der Waals surface area contributed by atoms with Gasteiger partial charge in [-0.3, -0.25) is 4.79 Å². The van der Waals surface area contributed by atoms with Gasteiger partial charge in [-0.1, -0.05) is 24.3 Å². The van der Waals surface area contributed by atoms with Crippen LogP contribution >= 0.6 is 0 Å². The lowest BCUT2D eigenvalue weighted by atomic mass is 10.1. The van der Waals surface area contributed by atoms with Gasteiger partial charge in [0, 0.05) is 0 Å². The second-order valence-electron chi connectivity index (χ2n) is 7.60. The van der Waals surface area contributed by atoms with Gasteiger partial charge in [-0.15, -0.1) is 0 Å². The van der Waals surface area contributed by atoms with Crippen LogP contribution in [0.1, 0.15) is 18.1 Å². The lowest BCUT2D eigenvalue weighted by Gasteiger charge is -2.15. The van der Waals surface area contributed by atoms with E-state index in [0.717, 1.165) is 11.1 Å². The maximum atomic E-state index is 13.3. The van der Waals surface area contributed by atoms with Crippen molar-refractivity contribution >= 4 is 27.0 Å². The summed E-state index contributed by atoms with van der Waals surface area (Å²) in [6.07, 6.45) is 1.39. The van der Waals surface area contributed by atoms with E-state index in [1.165, 1.54) is 25.3 Å². The SMILES string of the molecule is Cc1cc(C)c2oc(-c3ccco3)c(OC(=O)[C@H](C)NS(=O)(=O)c3ccccc3)c(=O)c2c1. The molecule has 4 aromatic rings. The fourth-order valence-electron chi connectivity index (χ4n) is 3.43. The Hall–Kier alpha value is -3.69. The standard InChI is InChI=1S/C24H21NO7S/c1-14-12-15(2)21-18(13-14)20(26)23(22(31-21)19-10-7-11-30-19)32-24(27)16(3)25-33(28,29)17-8-5-4-6-9-17/h4-13,16,25H,1-3H3/t16-/m0/s1. The minimum atomic E-state index is -3.98. The molecule has 1 N–H and O–H groups in total. The molecule has 4 rings (SSSR count). The fraction of sp³-hybridized carbons (Fsp3) is 0.167. The average Bonchev–Trinajstić information content (AvgIpc) is 3.31. The molecule has 170 valence electrons. The van der Waals surface area contributed by atoms with Crippen LogP contribution in [0.3, 0.4) is 0 Å². The number of fused-ring (bicyclic) bond motifs is 1. The monoisotopic (exact) mass is 467 g/mol. The predicted molar refractivity (Wildman–Crippen MR) is 122 cm³/mol. The highest BCUT2D eigenvalue weighted by Crippen LogP contribution is 2.33. The first-order chi connectivity index (χ1) is 15.7. The maximum Gasteiger partial charge on any atom is 0.329 e. The Balaban J connectivity index is 1.73. The van der Waals surface area contributed by atoms with Crippen molar-refractivity contribution in [3.8, 4) is 17.3 Å². The van der Waals surface area contributed by atoms with E-state index in [0.29, 0.717) is 5.58 Å². The zero-order valence-electron chi connectivity index (χ0n) is 18.1. The quantitative estimate of drug-likeness (QED) is 0.427. The number of carbonyl (C=O) groups excluding carboxylic acids is 1. The van der Waals surface area contributed by atoms with Crippen LogP contribution in [0, 0.1) is 13.8 Å².